The number of carboxylic acid groups (broad SMARTS) is 1. The molecule has 2 aromatic rings. The van der Waals surface area contributed by atoms with Crippen LogP contribution in [0.2, 0.25) is 5.02 Å². The van der Waals surface area contributed by atoms with Crippen molar-refractivity contribution in [3.05, 3.63) is 70.2 Å². The minimum Gasteiger partial charge on any atom is -0.548 e. The van der Waals surface area contributed by atoms with E-state index in [1.165, 1.54) is 16.7 Å². The quantitative estimate of drug-likeness (QED) is 0.844. The average Bonchev–Trinajstić information content (AvgIpc) is 3.00. The van der Waals surface area contributed by atoms with E-state index in [4.69, 9.17) is 11.6 Å². The van der Waals surface area contributed by atoms with Crippen LogP contribution in [0.15, 0.2) is 48.5 Å². The molecular formula is C18H15ClNO3S-. The van der Waals surface area contributed by atoms with E-state index in [0.29, 0.717) is 10.6 Å². The van der Waals surface area contributed by atoms with Gasteiger partial charge in [0.2, 0.25) is 0 Å². The molecule has 2 aromatic carbocycles. The molecule has 1 saturated heterocycles. The zero-order chi connectivity index (χ0) is 17.3. The van der Waals surface area contributed by atoms with Gasteiger partial charge in [-0.3, -0.25) is 4.79 Å². The molecular weight excluding hydrogens is 346 g/mol. The summed E-state index contributed by atoms with van der Waals surface area (Å²) in [4.78, 5) is 25.8. The summed E-state index contributed by atoms with van der Waals surface area (Å²) in [7, 11) is 0. The summed E-state index contributed by atoms with van der Waals surface area (Å²) < 4.78 is 0. The van der Waals surface area contributed by atoms with Crippen LogP contribution >= 0.6 is 23.4 Å². The molecule has 0 spiro atoms. The summed E-state index contributed by atoms with van der Waals surface area (Å²) in [5, 5.41) is 11.6. The van der Waals surface area contributed by atoms with Crippen molar-refractivity contribution in [2.45, 2.75) is 18.3 Å². The van der Waals surface area contributed by atoms with Gasteiger partial charge in [-0.25, -0.2) is 0 Å². The first-order valence-corrected chi connectivity index (χ1v) is 8.88. The number of hydrogen-bond acceptors (Lipinski definition) is 4. The maximum absolute atomic E-state index is 12.9. The fraction of sp³-hybridized carbons (Fsp3) is 0.222. The number of hydrogen-bond donors (Lipinski definition) is 0. The van der Waals surface area contributed by atoms with Gasteiger partial charge in [-0.15, -0.1) is 11.8 Å². The molecule has 2 atom stereocenters. The van der Waals surface area contributed by atoms with Crippen LogP contribution in [-0.2, 0) is 4.79 Å². The molecule has 1 fully saturated rings. The number of aryl methyl sites for hydroxylation is 1. The molecule has 6 heteroatoms. The zero-order valence-electron chi connectivity index (χ0n) is 12.9. The topological polar surface area (TPSA) is 60.4 Å². The van der Waals surface area contributed by atoms with E-state index >= 15 is 0 Å². The number of rotatable bonds is 3. The molecule has 1 heterocycles. The van der Waals surface area contributed by atoms with E-state index in [-0.39, 0.29) is 11.7 Å². The van der Waals surface area contributed by atoms with Crippen LogP contribution < -0.4 is 5.11 Å². The van der Waals surface area contributed by atoms with Crippen molar-refractivity contribution in [3.63, 3.8) is 0 Å². The third kappa shape index (κ3) is 3.14. The lowest BCUT2D eigenvalue weighted by molar-refractivity contribution is -0.310. The second kappa shape index (κ2) is 6.87. The molecule has 0 aliphatic carbocycles. The van der Waals surface area contributed by atoms with Crippen molar-refractivity contribution in [2.24, 2.45) is 0 Å². The van der Waals surface area contributed by atoms with E-state index in [9.17, 15) is 14.7 Å². The second-order valence-corrected chi connectivity index (χ2v) is 7.14. The smallest absolute Gasteiger partial charge is 0.255 e. The lowest BCUT2D eigenvalue weighted by Gasteiger charge is -2.30. The number of aliphatic carboxylic acids is 1. The predicted octanol–water partition coefficient (Wildman–Crippen LogP) is 2.65. The Labute approximate surface area is 149 Å². The van der Waals surface area contributed by atoms with Gasteiger partial charge in [0, 0.05) is 21.9 Å². The Morgan fingerprint density at radius 3 is 2.46 bits per heavy atom. The Kier molecular flexibility index (Phi) is 4.83. The van der Waals surface area contributed by atoms with Crippen LogP contribution in [0.25, 0.3) is 0 Å². The van der Waals surface area contributed by atoms with Gasteiger partial charge in [-0.1, -0.05) is 47.5 Å². The Bertz CT molecular complexity index is 778. The molecule has 124 valence electrons. The average molecular weight is 361 g/mol. The highest BCUT2D eigenvalue weighted by molar-refractivity contribution is 7.99. The van der Waals surface area contributed by atoms with Crippen molar-refractivity contribution in [1.82, 2.24) is 4.90 Å². The van der Waals surface area contributed by atoms with Gasteiger partial charge in [0.15, 0.2) is 0 Å². The minimum absolute atomic E-state index is 0.274. The van der Waals surface area contributed by atoms with Crippen molar-refractivity contribution < 1.29 is 14.7 Å². The second-order valence-electron chi connectivity index (χ2n) is 5.62. The van der Waals surface area contributed by atoms with E-state index < -0.39 is 17.4 Å². The predicted molar refractivity (Wildman–Crippen MR) is 92.8 cm³/mol. The highest BCUT2D eigenvalue weighted by Crippen LogP contribution is 2.44. The summed E-state index contributed by atoms with van der Waals surface area (Å²) >= 11 is 7.63. The first-order chi connectivity index (χ1) is 11.5. The lowest BCUT2D eigenvalue weighted by Crippen LogP contribution is -2.49. The van der Waals surface area contributed by atoms with Crippen LogP contribution in [0.1, 0.15) is 26.9 Å². The lowest BCUT2D eigenvalue weighted by atomic mass is 10.1. The summed E-state index contributed by atoms with van der Waals surface area (Å²) in [5.74, 6) is -1.31. The molecule has 24 heavy (non-hydrogen) atoms. The highest BCUT2D eigenvalue weighted by Gasteiger charge is 2.40. The molecule has 0 N–H and O–H groups in total. The van der Waals surface area contributed by atoms with Gasteiger partial charge in [0.05, 0.1) is 12.0 Å². The fourth-order valence-electron chi connectivity index (χ4n) is 2.70. The first-order valence-electron chi connectivity index (χ1n) is 7.45. The van der Waals surface area contributed by atoms with Crippen LogP contribution in [0.4, 0.5) is 0 Å². The Hall–Kier alpha value is -1.98. The Morgan fingerprint density at radius 2 is 1.83 bits per heavy atom. The number of carbonyl (C=O) groups excluding carboxylic acids is 2. The number of carboxylic acids is 1. The molecule has 1 amide bonds. The van der Waals surface area contributed by atoms with E-state index in [2.05, 4.69) is 0 Å². The van der Waals surface area contributed by atoms with Crippen LogP contribution in [0, 0.1) is 6.92 Å². The maximum Gasteiger partial charge on any atom is 0.255 e. The number of benzene rings is 2. The summed E-state index contributed by atoms with van der Waals surface area (Å²) in [6.45, 7) is 1.93. The Morgan fingerprint density at radius 1 is 1.17 bits per heavy atom. The van der Waals surface area contributed by atoms with Gasteiger partial charge in [-0.2, -0.15) is 0 Å². The molecule has 0 saturated carbocycles. The maximum atomic E-state index is 12.9. The van der Waals surface area contributed by atoms with Crippen molar-refractivity contribution in [2.75, 3.05) is 5.75 Å². The van der Waals surface area contributed by atoms with Gasteiger partial charge in [0.25, 0.3) is 5.91 Å². The molecule has 0 aromatic heterocycles. The fourth-order valence-corrected chi connectivity index (χ4v) is 4.45. The molecule has 0 radical (unpaired) electrons. The van der Waals surface area contributed by atoms with Gasteiger partial charge >= 0.3 is 0 Å². The molecule has 1 aliphatic heterocycles. The normalized spacial score (nSPS) is 20.2. The summed E-state index contributed by atoms with van der Waals surface area (Å²) in [6, 6.07) is 13.3. The van der Waals surface area contributed by atoms with Crippen LogP contribution in [0.5, 0.6) is 0 Å². The number of nitrogens with zero attached hydrogens (tertiary/aromatic N) is 1. The van der Waals surface area contributed by atoms with E-state index in [0.717, 1.165) is 11.1 Å². The molecule has 3 rings (SSSR count). The summed E-state index contributed by atoms with van der Waals surface area (Å²) in [6.07, 6.45) is 0. The number of carbonyl (C=O) groups is 2. The zero-order valence-corrected chi connectivity index (χ0v) is 14.5. The van der Waals surface area contributed by atoms with Crippen LogP contribution in [0.3, 0.4) is 0 Å². The SMILES string of the molecule is Cc1ccc(C(=O)N2C(C(=O)[O-])CSC2c2ccccc2Cl)cc1. The van der Waals surface area contributed by atoms with Crippen molar-refractivity contribution >= 4 is 35.2 Å². The highest BCUT2D eigenvalue weighted by atomic mass is 35.5. The molecule has 0 bridgehead atoms. The number of thioether (sulfide) groups is 1. The van der Waals surface area contributed by atoms with Crippen LogP contribution in [-0.4, -0.2) is 28.6 Å². The van der Waals surface area contributed by atoms with Crippen molar-refractivity contribution in [3.8, 4) is 0 Å². The molecule has 2 unspecified atom stereocenters. The summed E-state index contributed by atoms with van der Waals surface area (Å²) in [5.41, 5.74) is 2.21. The van der Waals surface area contributed by atoms with Crippen molar-refractivity contribution in [1.29, 1.82) is 0 Å². The standard InChI is InChI=1S/C18H16ClNO3S/c1-11-6-8-12(9-7-11)16(21)20-15(18(22)23)10-24-17(20)13-4-2-3-5-14(13)19/h2-9,15,17H,10H2,1H3,(H,22,23)/p-1. The van der Waals surface area contributed by atoms with Gasteiger partial charge in [0.1, 0.15) is 5.37 Å². The third-order valence-electron chi connectivity index (χ3n) is 3.98. The largest absolute Gasteiger partial charge is 0.548 e. The van der Waals surface area contributed by atoms with E-state index in [1.54, 1.807) is 24.3 Å². The monoisotopic (exact) mass is 360 g/mol. The first kappa shape index (κ1) is 16.9. The van der Waals surface area contributed by atoms with Gasteiger partial charge in [-0.05, 0) is 25.1 Å². The Balaban J connectivity index is 2.01. The number of amides is 1. The number of halogens is 1. The van der Waals surface area contributed by atoms with E-state index in [1.807, 2.05) is 31.2 Å². The van der Waals surface area contributed by atoms with Gasteiger partial charge < -0.3 is 14.8 Å². The third-order valence-corrected chi connectivity index (χ3v) is 5.63. The minimum atomic E-state index is -1.25. The molecule has 1 aliphatic rings. The molecule has 4 nitrogen and oxygen atoms in total.